The van der Waals surface area contributed by atoms with Gasteiger partial charge in [-0.05, 0) is 13.8 Å². The minimum Gasteiger partial charge on any atom is -0.353 e. The molecule has 1 heterocycles. The Labute approximate surface area is 102 Å². The third kappa shape index (κ3) is 2.32. The van der Waals surface area contributed by atoms with E-state index in [-0.39, 0.29) is 11.7 Å². The third-order valence-electron chi connectivity index (χ3n) is 2.31. The lowest BCUT2D eigenvalue weighted by atomic mass is 10.3. The van der Waals surface area contributed by atoms with Crippen LogP contribution >= 0.6 is 0 Å². The molecule has 0 aliphatic carbocycles. The fourth-order valence-corrected chi connectivity index (χ4v) is 1.56. The first-order valence-corrected chi connectivity index (χ1v) is 5.44. The van der Waals surface area contributed by atoms with Crippen molar-refractivity contribution in [2.75, 3.05) is 5.32 Å². The van der Waals surface area contributed by atoms with Gasteiger partial charge in [-0.2, -0.15) is 0 Å². The van der Waals surface area contributed by atoms with Crippen molar-refractivity contribution in [2.24, 2.45) is 0 Å². The summed E-state index contributed by atoms with van der Waals surface area (Å²) in [5.74, 6) is -3.49. The monoisotopic (exact) mass is 255 g/mol. The van der Waals surface area contributed by atoms with E-state index < -0.39 is 17.5 Å². The second-order valence-electron chi connectivity index (χ2n) is 4.14. The summed E-state index contributed by atoms with van der Waals surface area (Å²) in [5.41, 5.74) is 0.173. The van der Waals surface area contributed by atoms with Crippen molar-refractivity contribution in [1.29, 1.82) is 0 Å². The molecule has 3 nitrogen and oxygen atoms in total. The molecule has 18 heavy (non-hydrogen) atoms. The molecule has 96 valence electrons. The molecule has 0 bridgehead atoms. The van der Waals surface area contributed by atoms with Crippen LogP contribution in [-0.4, -0.2) is 15.6 Å². The van der Waals surface area contributed by atoms with Gasteiger partial charge in [0.2, 0.25) is 5.95 Å². The summed E-state index contributed by atoms with van der Waals surface area (Å²) >= 11 is 0. The minimum absolute atomic E-state index is 0.112. The Morgan fingerprint density at radius 1 is 1.17 bits per heavy atom. The van der Waals surface area contributed by atoms with Gasteiger partial charge in [0.25, 0.3) is 0 Å². The molecule has 0 amide bonds. The minimum atomic E-state index is -1.47. The second kappa shape index (κ2) is 4.72. The molecule has 0 aliphatic rings. The van der Waals surface area contributed by atoms with Gasteiger partial charge in [0.15, 0.2) is 17.5 Å². The highest BCUT2D eigenvalue weighted by Crippen LogP contribution is 2.20. The zero-order valence-corrected chi connectivity index (χ0v) is 9.92. The highest BCUT2D eigenvalue weighted by Gasteiger charge is 2.13. The summed E-state index contributed by atoms with van der Waals surface area (Å²) in [6, 6.07) is 1.96. The first-order valence-electron chi connectivity index (χ1n) is 5.44. The van der Waals surface area contributed by atoms with Crippen molar-refractivity contribution in [3.05, 3.63) is 42.0 Å². The first-order chi connectivity index (χ1) is 8.49. The van der Waals surface area contributed by atoms with E-state index >= 15 is 0 Å². The lowest BCUT2D eigenvalue weighted by Crippen LogP contribution is -2.14. The molecular formula is C12H12F3N3. The zero-order chi connectivity index (χ0) is 13.3. The molecule has 1 N–H and O–H groups in total. The topological polar surface area (TPSA) is 29.9 Å². The smallest absolute Gasteiger partial charge is 0.207 e. The average molecular weight is 255 g/mol. The van der Waals surface area contributed by atoms with Crippen LogP contribution in [0.4, 0.5) is 19.1 Å². The van der Waals surface area contributed by atoms with Gasteiger partial charge in [-0.1, -0.05) is 0 Å². The van der Waals surface area contributed by atoms with Crippen molar-refractivity contribution < 1.29 is 13.2 Å². The van der Waals surface area contributed by atoms with E-state index in [2.05, 4.69) is 10.3 Å². The van der Waals surface area contributed by atoms with E-state index in [0.717, 1.165) is 12.1 Å². The number of nitrogens with one attached hydrogen (secondary N) is 1. The van der Waals surface area contributed by atoms with Crippen LogP contribution in [0, 0.1) is 17.5 Å². The van der Waals surface area contributed by atoms with Gasteiger partial charge in [-0.15, -0.1) is 0 Å². The molecule has 2 rings (SSSR count). The Kier molecular flexibility index (Phi) is 3.27. The fraction of sp³-hybridized carbons (Fsp3) is 0.250. The molecule has 1 aromatic carbocycles. The largest absolute Gasteiger partial charge is 0.353 e. The molecule has 0 saturated carbocycles. The molecule has 0 atom stereocenters. The Balaban J connectivity index is 2.46. The maximum Gasteiger partial charge on any atom is 0.207 e. The van der Waals surface area contributed by atoms with E-state index in [1.807, 2.05) is 13.8 Å². The summed E-state index contributed by atoms with van der Waals surface area (Å²) < 4.78 is 40.6. The van der Waals surface area contributed by atoms with Crippen molar-refractivity contribution in [2.45, 2.75) is 19.9 Å². The molecule has 6 heteroatoms. The average Bonchev–Trinajstić information content (AvgIpc) is 2.72. The van der Waals surface area contributed by atoms with Crippen LogP contribution in [0.1, 0.15) is 13.8 Å². The van der Waals surface area contributed by atoms with E-state index in [0.29, 0.717) is 5.95 Å². The van der Waals surface area contributed by atoms with Crippen molar-refractivity contribution in [1.82, 2.24) is 9.55 Å². The lowest BCUT2D eigenvalue weighted by Gasteiger charge is -2.12. The van der Waals surface area contributed by atoms with Crippen LogP contribution < -0.4 is 5.32 Å². The quantitative estimate of drug-likeness (QED) is 0.854. The highest BCUT2D eigenvalue weighted by molar-refractivity contribution is 5.42. The second-order valence-corrected chi connectivity index (χ2v) is 4.14. The Hall–Kier alpha value is -1.98. The maximum absolute atomic E-state index is 13.2. The number of halogens is 3. The molecule has 1 aromatic heterocycles. The van der Waals surface area contributed by atoms with Crippen molar-refractivity contribution >= 4 is 5.95 Å². The van der Waals surface area contributed by atoms with Crippen LogP contribution in [0.25, 0.3) is 5.69 Å². The van der Waals surface area contributed by atoms with Crippen molar-refractivity contribution in [3.8, 4) is 5.69 Å². The van der Waals surface area contributed by atoms with E-state index in [4.69, 9.17) is 0 Å². The maximum atomic E-state index is 13.2. The van der Waals surface area contributed by atoms with Crippen LogP contribution in [-0.2, 0) is 0 Å². The van der Waals surface area contributed by atoms with Crippen LogP contribution in [0.3, 0.4) is 0 Å². The van der Waals surface area contributed by atoms with Gasteiger partial charge in [0.05, 0.1) is 5.69 Å². The zero-order valence-electron chi connectivity index (χ0n) is 9.92. The third-order valence-corrected chi connectivity index (χ3v) is 2.31. The molecule has 0 unspecified atom stereocenters. The van der Waals surface area contributed by atoms with Crippen molar-refractivity contribution in [3.63, 3.8) is 0 Å². The Bertz CT molecular complexity index is 540. The van der Waals surface area contributed by atoms with Gasteiger partial charge in [0.1, 0.15) is 0 Å². The number of anilines is 1. The molecule has 2 aromatic rings. The Morgan fingerprint density at radius 2 is 1.78 bits per heavy atom. The van der Waals surface area contributed by atoms with Gasteiger partial charge in [0, 0.05) is 30.6 Å². The highest BCUT2D eigenvalue weighted by atomic mass is 19.2. The van der Waals surface area contributed by atoms with Crippen LogP contribution in [0.2, 0.25) is 0 Å². The van der Waals surface area contributed by atoms with Crippen LogP contribution in [0.5, 0.6) is 0 Å². The summed E-state index contributed by atoms with van der Waals surface area (Å²) in [4.78, 5) is 4.03. The number of benzene rings is 1. The standard InChI is InChI=1S/C12H12F3N3/c1-7(2)17-12-16-3-4-18(12)8-5-9(13)11(15)10(14)6-8/h3-7H,1-2H3,(H,16,17). The summed E-state index contributed by atoms with van der Waals surface area (Å²) in [6.07, 6.45) is 3.03. The summed E-state index contributed by atoms with van der Waals surface area (Å²) in [7, 11) is 0. The van der Waals surface area contributed by atoms with Gasteiger partial charge in [-0.3, -0.25) is 4.57 Å². The molecule has 0 aliphatic heterocycles. The lowest BCUT2D eigenvalue weighted by molar-refractivity contribution is 0.446. The van der Waals surface area contributed by atoms with Gasteiger partial charge in [-0.25, -0.2) is 18.2 Å². The SMILES string of the molecule is CC(C)Nc1nccn1-c1cc(F)c(F)c(F)c1. The predicted octanol–water partition coefficient (Wildman–Crippen LogP) is 3.11. The first kappa shape index (κ1) is 12.5. The summed E-state index contributed by atoms with van der Waals surface area (Å²) in [5, 5.41) is 3.02. The normalized spacial score (nSPS) is 11.0. The van der Waals surface area contributed by atoms with E-state index in [1.54, 1.807) is 0 Å². The Morgan fingerprint density at radius 3 is 2.33 bits per heavy atom. The number of imidazole rings is 1. The predicted molar refractivity (Wildman–Crippen MR) is 62.2 cm³/mol. The summed E-state index contributed by atoms with van der Waals surface area (Å²) in [6.45, 7) is 3.82. The molecule has 0 spiro atoms. The van der Waals surface area contributed by atoms with Crippen LogP contribution in [0.15, 0.2) is 24.5 Å². The molecule has 0 radical (unpaired) electrons. The number of hydrogen-bond acceptors (Lipinski definition) is 2. The molecule has 0 saturated heterocycles. The van der Waals surface area contributed by atoms with Gasteiger partial charge >= 0.3 is 0 Å². The van der Waals surface area contributed by atoms with E-state index in [1.165, 1.54) is 17.0 Å². The van der Waals surface area contributed by atoms with E-state index in [9.17, 15) is 13.2 Å². The number of hydrogen-bond donors (Lipinski definition) is 1. The molecule has 0 fully saturated rings. The fourth-order valence-electron chi connectivity index (χ4n) is 1.56. The number of aromatic nitrogens is 2. The number of rotatable bonds is 3. The van der Waals surface area contributed by atoms with Gasteiger partial charge < -0.3 is 5.32 Å². The molecular weight excluding hydrogens is 243 g/mol. The number of nitrogens with zero attached hydrogens (tertiary/aromatic N) is 2.